The number of sulfonamides is 1. The van der Waals surface area contributed by atoms with Gasteiger partial charge >= 0.3 is 0 Å². The zero-order chi connectivity index (χ0) is 23.3. The second kappa shape index (κ2) is 10.9. The molecule has 1 saturated heterocycles. The molecule has 0 aromatic heterocycles. The van der Waals surface area contributed by atoms with Gasteiger partial charge in [0.15, 0.2) is 0 Å². The molecule has 3 rings (SSSR count). The summed E-state index contributed by atoms with van der Waals surface area (Å²) in [6, 6.07) is 11.6. The SMILES string of the molecule is C[C@@H](C(=O)NCc1ccc(CN2CCCCC2)cc1)N(c1cc(Cl)ccc1Cl)S(C)(=O)=O. The fourth-order valence-corrected chi connectivity index (χ4v) is 5.51. The molecule has 0 bridgehead atoms. The summed E-state index contributed by atoms with van der Waals surface area (Å²) in [5, 5.41) is 3.35. The molecular formula is C23H29Cl2N3O3S. The third kappa shape index (κ3) is 6.61. The summed E-state index contributed by atoms with van der Waals surface area (Å²) < 4.78 is 25.9. The van der Waals surface area contributed by atoms with Crippen LogP contribution in [0.3, 0.4) is 0 Å². The van der Waals surface area contributed by atoms with Gasteiger partial charge in [0.2, 0.25) is 15.9 Å². The largest absolute Gasteiger partial charge is 0.350 e. The second-order valence-electron chi connectivity index (χ2n) is 8.20. The molecule has 1 aliphatic heterocycles. The highest BCUT2D eigenvalue weighted by molar-refractivity contribution is 7.92. The number of rotatable bonds is 8. The first-order chi connectivity index (χ1) is 15.1. The quantitative estimate of drug-likeness (QED) is 0.584. The number of piperidine rings is 1. The Morgan fingerprint density at radius 1 is 1.06 bits per heavy atom. The van der Waals surface area contributed by atoms with Gasteiger partial charge in [-0.3, -0.25) is 14.0 Å². The van der Waals surface area contributed by atoms with Gasteiger partial charge in [0.1, 0.15) is 6.04 Å². The van der Waals surface area contributed by atoms with Crippen molar-refractivity contribution in [2.75, 3.05) is 23.7 Å². The van der Waals surface area contributed by atoms with Crippen molar-refractivity contribution in [3.63, 3.8) is 0 Å². The maximum atomic E-state index is 12.8. The zero-order valence-electron chi connectivity index (χ0n) is 18.4. The summed E-state index contributed by atoms with van der Waals surface area (Å²) in [6.45, 7) is 5.04. The fraction of sp³-hybridized carbons (Fsp3) is 0.435. The van der Waals surface area contributed by atoms with Crippen LogP contribution in [-0.2, 0) is 27.9 Å². The minimum Gasteiger partial charge on any atom is -0.350 e. The molecule has 1 fully saturated rings. The van der Waals surface area contributed by atoms with Crippen LogP contribution >= 0.6 is 23.2 Å². The summed E-state index contributed by atoms with van der Waals surface area (Å²) in [6.07, 6.45) is 4.86. The molecule has 0 spiro atoms. The number of carbonyl (C=O) groups excluding carboxylic acids is 1. The number of nitrogens with zero attached hydrogens (tertiary/aromatic N) is 2. The van der Waals surface area contributed by atoms with Gasteiger partial charge in [-0.25, -0.2) is 8.42 Å². The lowest BCUT2D eigenvalue weighted by atomic mass is 10.1. The van der Waals surface area contributed by atoms with E-state index in [1.807, 2.05) is 12.1 Å². The molecule has 174 valence electrons. The highest BCUT2D eigenvalue weighted by atomic mass is 35.5. The van der Waals surface area contributed by atoms with Crippen LogP contribution in [0.15, 0.2) is 42.5 Å². The number of nitrogens with one attached hydrogen (secondary N) is 1. The van der Waals surface area contributed by atoms with Crippen LogP contribution in [0.25, 0.3) is 0 Å². The van der Waals surface area contributed by atoms with Crippen LogP contribution in [0.5, 0.6) is 0 Å². The highest BCUT2D eigenvalue weighted by Gasteiger charge is 2.30. The number of halogens is 2. The Hall–Kier alpha value is -1.80. The van der Waals surface area contributed by atoms with E-state index in [1.54, 1.807) is 6.07 Å². The van der Waals surface area contributed by atoms with Crippen molar-refractivity contribution < 1.29 is 13.2 Å². The van der Waals surface area contributed by atoms with Crippen LogP contribution in [0.4, 0.5) is 5.69 Å². The van der Waals surface area contributed by atoms with Gasteiger partial charge in [0, 0.05) is 18.1 Å². The van der Waals surface area contributed by atoms with E-state index in [0.717, 1.165) is 35.8 Å². The summed E-state index contributed by atoms with van der Waals surface area (Å²) in [5.41, 5.74) is 2.36. The van der Waals surface area contributed by atoms with Crippen molar-refractivity contribution in [2.24, 2.45) is 0 Å². The van der Waals surface area contributed by atoms with E-state index in [9.17, 15) is 13.2 Å². The van der Waals surface area contributed by atoms with E-state index in [4.69, 9.17) is 23.2 Å². The number of hydrogen-bond acceptors (Lipinski definition) is 4. The molecule has 1 amide bonds. The van der Waals surface area contributed by atoms with Crippen molar-refractivity contribution in [1.29, 1.82) is 0 Å². The lowest BCUT2D eigenvalue weighted by molar-refractivity contribution is -0.122. The van der Waals surface area contributed by atoms with Crippen LogP contribution in [-0.4, -0.2) is 44.6 Å². The molecule has 0 unspecified atom stereocenters. The van der Waals surface area contributed by atoms with Crippen molar-refractivity contribution in [1.82, 2.24) is 10.2 Å². The predicted octanol–water partition coefficient (Wildman–Crippen LogP) is 4.45. The summed E-state index contributed by atoms with van der Waals surface area (Å²) in [7, 11) is -3.78. The average Bonchev–Trinajstić information content (AvgIpc) is 2.75. The topological polar surface area (TPSA) is 69.7 Å². The number of carbonyl (C=O) groups is 1. The van der Waals surface area contributed by atoms with Gasteiger partial charge in [-0.1, -0.05) is 53.9 Å². The minimum absolute atomic E-state index is 0.173. The molecule has 1 aliphatic rings. The molecule has 2 aromatic rings. The number of anilines is 1. The summed E-state index contributed by atoms with van der Waals surface area (Å²) in [4.78, 5) is 15.3. The van der Waals surface area contributed by atoms with E-state index >= 15 is 0 Å². The van der Waals surface area contributed by atoms with Crippen molar-refractivity contribution in [2.45, 2.75) is 45.3 Å². The Bertz CT molecular complexity index is 1040. The normalized spacial score (nSPS) is 15.9. The highest BCUT2D eigenvalue weighted by Crippen LogP contribution is 2.32. The molecule has 6 nitrogen and oxygen atoms in total. The Morgan fingerprint density at radius 2 is 1.69 bits per heavy atom. The van der Waals surface area contributed by atoms with Gasteiger partial charge in [-0.2, -0.15) is 0 Å². The molecule has 0 saturated carbocycles. The molecule has 1 atom stereocenters. The van der Waals surface area contributed by atoms with E-state index in [0.29, 0.717) is 11.6 Å². The number of benzene rings is 2. The fourth-order valence-electron chi connectivity index (χ4n) is 3.91. The van der Waals surface area contributed by atoms with E-state index in [-0.39, 0.29) is 10.7 Å². The Morgan fingerprint density at radius 3 is 2.31 bits per heavy atom. The minimum atomic E-state index is -3.78. The monoisotopic (exact) mass is 497 g/mol. The van der Waals surface area contributed by atoms with Crippen molar-refractivity contribution >= 4 is 44.8 Å². The van der Waals surface area contributed by atoms with Crippen molar-refractivity contribution in [3.8, 4) is 0 Å². The van der Waals surface area contributed by atoms with E-state index in [1.165, 1.54) is 43.9 Å². The first-order valence-corrected chi connectivity index (χ1v) is 13.3. The smallest absolute Gasteiger partial charge is 0.243 e. The van der Waals surface area contributed by atoms with E-state index in [2.05, 4.69) is 22.3 Å². The first-order valence-electron chi connectivity index (χ1n) is 10.7. The van der Waals surface area contributed by atoms with Gasteiger partial charge in [0.05, 0.1) is 17.0 Å². The lowest BCUT2D eigenvalue weighted by Crippen LogP contribution is -2.47. The molecule has 0 radical (unpaired) electrons. The van der Waals surface area contributed by atoms with Crippen LogP contribution in [0.1, 0.15) is 37.3 Å². The Balaban J connectivity index is 1.64. The van der Waals surface area contributed by atoms with Crippen LogP contribution in [0, 0.1) is 0 Å². The van der Waals surface area contributed by atoms with Gasteiger partial charge < -0.3 is 5.32 Å². The zero-order valence-corrected chi connectivity index (χ0v) is 20.7. The Labute approximate surface area is 200 Å². The van der Waals surface area contributed by atoms with E-state index < -0.39 is 22.0 Å². The lowest BCUT2D eigenvalue weighted by Gasteiger charge is -2.29. The molecule has 32 heavy (non-hydrogen) atoms. The van der Waals surface area contributed by atoms with Gasteiger partial charge in [0.25, 0.3) is 0 Å². The standard InChI is InChI=1S/C23H29Cl2N3O3S/c1-17(28(32(2,30)31)22-14-20(24)10-11-21(22)25)23(29)26-15-18-6-8-19(9-7-18)16-27-12-4-3-5-13-27/h6-11,14,17H,3-5,12-13,15-16H2,1-2H3,(H,26,29)/t17-/m0/s1. The second-order valence-corrected chi connectivity index (χ2v) is 10.9. The van der Waals surface area contributed by atoms with Crippen molar-refractivity contribution in [3.05, 3.63) is 63.6 Å². The predicted molar refractivity (Wildman–Crippen MR) is 131 cm³/mol. The van der Waals surface area contributed by atoms with Crippen LogP contribution < -0.4 is 9.62 Å². The molecular weight excluding hydrogens is 469 g/mol. The first kappa shape index (κ1) is 24.8. The third-order valence-electron chi connectivity index (χ3n) is 5.58. The van der Waals surface area contributed by atoms with Gasteiger partial charge in [-0.15, -0.1) is 0 Å². The molecule has 9 heteroatoms. The molecule has 1 heterocycles. The summed E-state index contributed by atoms with van der Waals surface area (Å²) >= 11 is 12.2. The number of amides is 1. The van der Waals surface area contributed by atoms with Crippen LogP contribution in [0.2, 0.25) is 10.0 Å². The maximum Gasteiger partial charge on any atom is 0.243 e. The number of likely N-dealkylation sites (tertiary alicyclic amines) is 1. The molecule has 0 aliphatic carbocycles. The maximum absolute atomic E-state index is 12.8. The number of hydrogen-bond donors (Lipinski definition) is 1. The average molecular weight is 498 g/mol. The Kier molecular flexibility index (Phi) is 8.44. The van der Waals surface area contributed by atoms with Gasteiger partial charge in [-0.05, 0) is 62.2 Å². The summed E-state index contributed by atoms with van der Waals surface area (Å²) in [5.74, 6) is -0.427. The third-order valence-corrected chi connectivity index (χ3v) is 7.36. The molecule has 2 aromatic carbocycles. The molecule has 1 N–H and O–H groups in total.